The molecule has 0 aliphatic heterocycles. The molecule has 0 unspecified atom stereocenters. The third kappa shape index (κ3) is 4.65. The number of aromatic nitrogens is 1. The summed E-state index contributed by atoms with van der Waals surface area (Å²) in [5.74, 6) is 0. The lowest BCUT2D eigenvalue weighted by atomic mass is 10.0. The van der Waals surface area contributed by atoms with Crippen LogP contribution in [0.4, 0.5) is 17.1 Å². The first-order chi connectivity index (χ1) is 23.6. The summed E-state index contributed by atoms with van der Waals surface area (Å²) in [6.07, 6.45) is 0. The van der Waals surface area contributed by atoms with Gasteiger partial charge in [-0.3, -0.25) is 0 Å². The van der Waals surface area contributed by atoms with Crippen molar-refractivity contribution in [1.29, 1.82) is 0 Å². The zero-order valence-electron chi connectivity index (χ0n) is 27.1. The van der Waals surface area contributed by atoms with Gasteiger partial charge in [0.15, 0.2) is 0 Å². The highest BCUT2D eigenvalue weighted by atomic mass is 15.1. The minimum atomic E-state index is 1.12. The van der Waals surface area contributed by atoms with Gasteiger partial charge in [-0.15, -0.1) is 0 Å². The number of hydrogen-bond donors (Lipinski definition) is 0. The molecule has 0 N–H and O–H groups in total. The molecule has 0 saturated heterocycles. The summed E-state index contributed by atoms with van der Waals surface area (Å²) in [6.45, 7) is 4.30. The largest absolute Gasteiger partial charge is 0.310 e. The summed E-state index contributed by atoms with van der Waals surface area (Å²) < 4.78 is 2.45. The normalized spacial score (nSPS) is 11.5. The quantitative estimate of drug-likeness (QED) is 0.187. The highest BCUT2D eigenvalue weighted by molar-refractivity contribution is 6.22. The molecule has 48 heavy (non-hydrogen) atoms. The topological polar surface area (TPSA) is 8.17 Å². The first-order valence-corrected chi connectivity index (χ1v) is 16.6. The maximum absolute atomic E-state index is 2.45. The van der Waals surface area contributed by atoms with Crippen molar-refractivity contribution in [2.24, 2.45) is 0 Å². The maximum atomic E-state index is 2.45. The van der Waals surface area contributed by atoms with E-state index < -0.39 is 0 Å². The zero-order chi connectivity index (χ0) is 32.2. The number of benzene rings is 8. The highest BCUT2D eigenvalue weighted by Gasteiger charge is 2.20. The second-order valence-corrected chi connectivity index (χ2v) is 12.8. The van der Waals surface area contributed by atoms with E-state index >= 15 is 0 Å². The van der Waals surface area contributed by atoms with Gasteiger partial charge in [-0.05, 0) is 95.2 Å². The molecule has 2 heteroatoms. The third-order valence-corrected chi connectivity index (χ3v) is 9.65. The minimum Gasteiger partial charge on any atom is -0.310 e. The van der Waals surface area contributed by atoms with E-state index in [4.69, 9.17) is 0 Å². The molecule has 0 radical (unpaired) electrons. The molecule has 0 bridgehead atoms. The van der Waals surface area contributed by atoms with Crippen molar-refractivity contribution in [1.82, 2.24) is 4.57 Å². The molecule has 0 atom stereocenters. The second-order valence-electron chi connectivity index (χ2n) is 12.8. The molecule has 0 spiro atoms. The van der Waals surface area contributed by atoms with Gasteiger partial charge in [0.05, 0.1) is 16.7 Å². The van der Waals surface area contributed by atoms with Crippen molar-refractivity contribution >= 4 is 60.4 Å². The lowest BCUT2D eigenvalue weighted by Crippen LogP contribution is -2.10. The average Bonchev–Trinajstić information content (AvgIpc) is 3.46. The fourth-order valence-corrected chi connectivity index (χ4v) is 7.36. The standard InChI is InChI=1S/C46H34N2/c1-31-20-22-33(23-21-31)36-14-8-16-38(29-36)48-44-27-24-35-12-4-6-18-41(35)46(44)42-26-25-39(30-45(42)48)47(37-15-7-10-32(2)28-37)43-19-9-13-34-11-3-5-17-40(34)43/h3-30H,1-2H3. The Morgan fingerprint density at radius 1 is 0.417 bits per heavy atom. The summed E-state index contributed by atoms with van der Waals surface area (Å²) >= 11 is 0. The molecule has 228 valence electrons. The Morgan fingerprint density at radius 2 is 1.12 bits per heavy atom. The van der Waals surface area contributed by atoms with Gasteiger partial charge in [0.2, 0.25) is 0 Å². The predicted molar refractivity (Wildman–Crippen MR) is 205 cm³/mol. The van der Waals surface area contributed by atoms with Gasteiger partial charge in [-0.1, -0.05) is 127 Å². The number of anilines is 3. The number of fused-ring (bicyclic) bond motifs is 6. The Hall–Kier alpha value is -6.12. The van der Waals surface area contributed by atoms with E-state index in [2.05, 4.69) is 193 Å². The Balaban J connectivity index is 1.35. The van der Waals surface area contributed by atoms with Gasteiger partial charge in [-0.2, -0.15) is 0 Å². The lowest BCUT2D eigenvalue weighted by Gasteiger charge is -2.27. The van der Waals surface area contributed by atoms with Crippen molar-refractivity contribution in [3.8, 4) is 16.8 Å². The molecule has 0 aliphatic carbocycles. The molecule has 2 nitrogen and oxygen atoms in total. The minimum absolute atomic E-state index is 1.12. The molecule has 9 rings (SSSR count). The fraction of sp³-hybridized carbons (Fsp3) is 0.0435. The Morgan fingerprint density at radius 3 is 1.96 bits per heavy atom. The van der Waals surface area contributed by atoms with Crippen LogP contribution in [0.1, 0.15) is 11.1 Å². The Labute approximate surface area is 280 Å². The van der Waals surface area contributed by atoms with Crippen molar-refractivity contribution < 1.29 is 0 Å². The average molecular weight is 615 g/mol. The highest BCUT2D eigenvalue weighted by Crippen LogP contribution is 2.43. The van der Waals surface area contributed by atoms with Gasteiger partial charge >= 0.3 is 0 Å². The fourth-order valence-electron chi connectivity index (χ4n) is 7.36. The number of hydrogen-bond acceptors (Lipinski definition) is 1. The van der Waals surface area contributed by atoms with Crippen LogP contribution in [0.15, 0.2) is 170 Å². The second kappa shape index (κ2) is 11.3. The number of aryl methyl sites for hydroxylation is 2. The van der Waals surface area contributed by atoms with E-state index in [-0.39, 0.29) is 0 Å². The van der Waals surface area contributed by atoms with E-state index in [0.29, 0.717) is 0 Å². The van der Waals surface area contributed by atoms with E-state index in [0.717, 1.165) is 22.7 Å². The van der Waals surface area contributed by atoms with Crippen molar-refractivity contribution in [3.05, 3.63) is 181 Å². The monoisotopic (exact) mass is 614 g/mol. The Kier molecular flexibility index (Phi) is 6.62. The summed E-state index contributed by atoms with van der Waals surface area (Å²) in [6, 6.07) is 62.1. The van der Waals surface area contributed by atoms with Crippen LogP contribution < -0.4 is 4.90 Å². The molecular formula is C46H34N2. The van der Waals surface area contributed by atoms with Gasteiger partial charge < -0.3 is 9.47 Å². The summed E-state index contributed by atoms with van der Waals surface area (Å²) in [5.41, 5.74) is 11.9. The summed E-state index contributed by atoms with van der Waals surface area (Å²) in [4.78, 5) is 2.41. The predicted octanol–water partition coefficient (Wildman–Crippen LogP) is 12.8. The van der Waals surface area contributed by atoms with E-state index in [1.165, 1.54) is 65.6 Å². The number of nitrogens with zero attached hydrogens (tertiary/aromatic N) is 2. The smallest absolute Gasteiger partial charge is 0.0562 e. The lowest BCUT2D eigenvalue weighted by molar-refractivity contribution is 1.18. The molecule has 0 aliphatic rings. The summed E-state index contributed by atoms with van der Waals surface area (Å²) in [7, 11) is 0. The first kappa shape index (κ1) is 28.1. The van der Waals surface area contributed by atoms with Gasteiger partial charge in [-0.25, -0.2) is 0 Å². The number of rotatable bonds is 5. The van der Waals surface area contributed by atoms with Gasteiger partial charge in [0.25, 0.3) is 0 Å². The van der Waals surface area contributed by atoms with Crippen LogP contribution in [-0.2, 0) is 0 Å². The maximum Gasteiger partial charge on any atom is 0.0562 e. The van der Waals surface area contributed by atoms with Crippen LogP contribution in [0, 0.1) is 13.8 Å². The first-order valence-electron chi connectivity index (χ1n) is 16.6. The molecule has 8 aromatic carbocycles. The van der Waals surface area contributed by atoms with E-state index in [1.54, 1.807) is 0 Å². The van der Waals surface area contributed by atoms with E-state index in [1.807, 2.05) is 0 Å². The van der Waals surface area contributed by atoms with Crippen molar-refractivity contribution in [2.45, 2.75) is 13.8 Å². The molecule has 0 amide bonds. The van der Waals surface area contributed by atoms with Gasteiger partial charge in [0, 0.05) is 33.2 Å². The van der Waals surface area contributed by atoms with Crippen LogP contribution in [0.2, 0.25) is 0 Å². The van der Waals surface area contributed by atoms with Crippen molar-refractivity contribution in [2.75, 3.05) is 4.90 Å². The van der Waals surface area contributed by atoms with Crippen LogP contribution in [-0.4, -0.2) is 4.57 Å². The summed E-state index contributed by atoms with van der Waals surface area (Å²) in [5, 5.41) is 7.49. The Bertz CT molecular complexity index is 2640. The molecule has 0 fully saturated rings. The van der Waals surface area contributed by atoms with Crippen LogP contribution >= 0.6 is 0 Å². The molecule has 9 aromatic rings. The van der Waals surface area contributed by atoms with Crippen molar-refractivity contribution in [3.63, 3.8) is 0 Å². The molecule has 1 aromatic heterocycles. The third-order valence-electron chi connectivity index (χ3n) is 9.65. The molecule has 1 heterocycles. The van der Waals surface area contributed by atoms with Crippen LogP contribution in [0.25, 0.3) is 60.2 Å². The van der Waals surface area contributed by atoms with E-state index in [9.17, 15) is 0 Å². The molecule has 0 saturated carbocycles. The zero-order valence-corrected chi connectivity index (χ0v) is 27.1. The molecular weight excluding hydrogens is 581 g/mol. The van der Waals surface area contributed by atoms with Crippen LogP contribution in [0.3, 0.4) is 0 Å². The SMILES string of the molecule is Cc1ccc(-c2cccc(-n3c4cc(N(c5cccc(C)c5)c5cccc6ccccc56)ccc4c4c5ccccc5ccc43)c2)cc1. The van der Waals surface area contributed by atoms with Gasteiger partial charge in [0.1, 0.15) is 0 Å². The van der Waals surface area contributed by atoms with Crippen LogP contribution in [0.5, 0.6) is 0 Å².